The number of hydrogen-bond acceptors (Lipinski definition) is 3. The van der Waals surface area contributed by atoms with Gasteiger partial charge in [0.1, 0.15) is 11.9 Å². The Morgan fingerprint density at radius 3 is 2.92 bits per heavy atom. The van der Waals surface area contributed by atoms with Crippen LogP contribution in [-0.2, 0) is 4.74 Å². The number of furan rings is 1. The summed E-state index contributed by atoms with van der Waals surface area (Å²) in [6, 6.07) is 1.72. The molecule has 0 aromatic carbocycles. The number of aliphatic hydroxyl groups excluding tert-OH is 1. The lowest BCUT2D eigenvalue weighted by molar-refractivity contribution is 0.118. The summed E-state index contributed by atoms with van der Waals surface area (Å²) in [6.07, 6.45) is 3.57. The van der Waals surface area contributed by atoms with Crippen LogP contribution in [0.3, 0.4) is 0 Å². The van der Waals surface area contributed by atoms with Crippen LogP contribution < -0.4 is 0 Å². The van der Waals surface area contributed by atoms with E-state index < -0.39 is 6.10 Å². The lowest BCUT2D eigenvalue weighted by atomic mass is 10.1. The van der Waals surface area contributed by atoms with Gasteiger partial charge in [-0.25, -0.2) is 0 Å². The Hall–Kier alpha value is -0.740. The molecule has 13 heavy (non-hydrogen) atoms. The molecule has 0 bridgehead atoms. The second kappa shape index (κ2) is 3.55. The van der Waals surface area contributed by atoms with E-state index in [1.807, 2.05) is 6.08 Å². The highest BCUT2D eigenvalue weighted by molar-refractivity contribution is 9.10. The Morgan fingerprint density at radius 1 is 1.54 bits per heavy atom. The maximum Gasteiger partial charge on any atom is 0.175 e. The van der Waals surface area contributed by atoms with Gasteiger partial charge in [-0.15, -0.1) is 0 Å². The average molecular weight is 245 g/mol. The minimum Gasteiger partial charge on any atom is -0.495 e. The van der Waals surface area contributed by atoms with Crippen LogP contribution in [0.25, 0.3) is 0 Å². The molecule has 0 spiro atoms. The Labute approximate surface area is 84.1 Å². The van der Waals surface area contributed by atoms with Crippen molar-refractivity contribution >= 4 is 15.9 Å². The first-order valence-corrected chi connectivity index (χ1v) is 4.82. The molecule has 4 heteroatoms. The number of ether oxygens (including phenoxy) is 1. The predicted molar refractivity (Wildman–Crippen MR) is 50.0 cm³/mol. The summed E-state index contributed by atoms with van der Waals surface area (Å²) in [6.45, 7) is 0.655. The predicted octanol–water partition coefficient (Wildman–Crippen LogP) is 2.38. The SMILES string of the molecule is OC(C1=CCCO1)c1ccoc1Br. The molecule has 0 aliphatic carbocycles. The molecule has 1 aliphatic rings. The number of rotatable bonds is 2. The van der Waals surface area contributed by atoms with Gasteiger partial charge < -0.3 is 14.3 Å². The number of aliphatic hydroxyl groups is 1. The Kier molecular flexibility index (Phi) is 2.42. The van der Waals surface area contributed by atoms with Crippen molar-refractivity contribution < 1.29 is 14.3 Å². The van der Waals surface area contributed by atoms with E-state index in [1.54, 1.807) is 6.07 Å². The number of hydrogen-bond donors (Lipinski definition) is 1. The first kappa shape index (κ1) is 8.84. The summed E-state index contributed by atoms with van der Waals surface area (Å²) in [7, 11) is 0. The van der Waals surface area contributed by atoms with Crippen LogP contribution in [0.2, 0.25) is 0 Å². The normalized spacial score (nSPS) is 18.2. The highest BCUT2D eigenvalue weighted by Gasteiger charge is 2.21. The largest absolute Gasteiger partial charge is 0.495 e. The van der Waals surface area contributed by atoms with Crippen LogP contribution >= 0.6 is 15.9 Å². The lowest BCUT2D eigenvalue weighted by Gasteiger charge is -2.10. The summed E-state index contributed by atoms with van der Waals surface area (Å²) >= 11 is 3.20. The molecule has 0 fully saturated rings. The molecule has 2 rings (SSSR count). The molecule has 2 heterocycles. The second-order valence-electron chi connectivity index (χ2n) is 2.80. The van der Waals surface area contributed by atoms with Crippen LogP contribution in [0.4, 0.5) is 0 Å². The van der Waals surface area contributed by atoms with Crippen LogP contribution in [-0.4, -0.2) is 11.7 Å². The van der Waals surface area contributed by atoms with Crippen LogP contribution in [0, 0.1) is 0 Å². The molecule has 1 aliphatic heterocycles. The highest BCUT2D eigenvalue weighted by Crippen LogP contribution is 2.31. The third-order valence-corrected chi connectivity index (χ3v) is 2.59. The summed E-state index contributed by atoms with van der Waals surface area (Å²) in [4.78, 5) is 0. The smallest absolute Gasteiger partial charge is 0.175 e. The summed E-state index contributed by atoms with van der Waals surface area (Å²) in [5.74, 6) is 0.613. The summed E-state index contributed by atoms with van der Waals surface area (Å²) < 4.78 is 10.8. The van der Waals surface area contributed by atoms with Gasteiger partial charge in [0.25, 0.3) is 0 Å². The molecule has 1 atom stereocenters. The first-order valence-electron chi connectivity index (χ1n) is 4.03. The molecule has 1 unspecified atom stereocenters. The van der Waals surface area contributed by atoms with Crippen LogP contribution in [0.1, 0.15) is 18.1 Å². The highest BCUT2D eigenvalue weighted by atomic mass is 79.9. The molecule has 0 saturated carbocycles. The molecule has 1 N–H and O–H groups in total. The van der Waals surface area contributed by atoms with Crippen molar-refractivity contribution in [2.75, 3.05) is 6.61 Å². The van der Waals surface area contributed by atoms with E-state index in [2.05, 4.69) is 15.9 Å². The fourth-order valence-corrected chi connectivity index (χ4v) is 1.74. The van der Waals surface area contributed by atoms with Crippen LogP contribution in [0.15, 0.2) is 33.3 Å². The maximum absolute atomic E-state index is 9.81. The van der Waals surface area contributed by atoms with Gasteiger partial charge in [0, 0.05) is 12.0 Å². The van der Waals surface area contributed by atoms with Gasteiger partial charge in [-0.2, -0.15) is 0 Å². The van der Waals surface area contributed by atoms with E-state index in [0.717, 1.165) is 6.42 Å². The Balaban J connectivity index is 2.21. The molecular formula is C9H9BrO3. The van der Waals surface area contributed by atoms with Crippen molar-refractivity contribution in [2.24, 2.45) is 0 Å². The van der Waals surface area contributed by atoms with Crippen molar-refractivity contribution in [1.29, 1.82) is 0 Å². The van der Waals surface area contributed by atoms with E-state index >= 15 is 0 Å². The maximum atomic E-state index is 9.81. The van der Waals surface area contributed by atoms with E-state index in [-0.39, 0.29) is 0 Å². The van der Waals surface area contributed by atoms with Crippen molar-refractivity contribution in [1.82, 2.24) is 0 Å². The monoisotopic (exact) mass is 244 g/mol. The average Bonchev–Trinajstić information content (AvgIpc) is 2.72. The topological polar surface area (TPSA) is 42.6 Å². The molecule has 0 amide bonds. The molecule has 1 aromatic rings. The van der Waals surface area contributed by atoms with E-state index in [0.29, 0.717) is 22.6 Å². The first-order chi connectivity index (χ1) is 6.29. The van der Waals surface area contributed by atoms with Crippen molar-refractivity contribution in [3.63, 3.8) is 0 Å². The third-order valence-electron chi connectivity index (χ3n) is 1.94. The van der Waals surface area contributed by atoms with Crippen LogP contribution in [0.5, 0.6) is 0 Å². The van der Waals surface area contributed by atoms with E-state index in [4.69, 9.17) is 9.15 Å². The van der Waals surface area contributed by atoms with E-state index in [9.17, 15) is 5.11 Å². The molecule has 0 radical (unpaired) electrons. The van der Waals surface area contributed by atoms with E-state index in [1.165, 1.54) is 6.26 Å². The van der Waals surface area contributed by atoms with Gasteiger partial charge in [-0.3, -0.25) is 0 Å². The van der Waals surface area contributed by atoms with Gasteiger partial charge in [-0.05, 0) is 28.1 Å². The molecule has 70 valence electrons. The lowest BCUT2D eigenvalue weighted by Crippen LogP contribution is -2.01. The standard InChI is InChI=1S/C9H9BrO3/c10-9-6(3-5-13-9)8(11)7-2-1-4-12-7/h2-3,5,8,11H,1,4H2. The molecule has 0 saturated heterocycles. The van der Waals surface area contributed by atoms with Gasteiger partial charge in [0.05, 0.1) is 12.9 Å². The zero-order chi connectivity index (χ0) is 9.26. The van der Waals surface area contributed by atoms with Gasteiger partial charge in [0.15, 0.2) is 4.67 Å². The number of halogens is 1. The summed E-state index contributed by atoms with van der Waals surface area (Å²) in [5.41, 5.74) is 0.702. The second-order valence-corrected chi connectivity index (χ2v) is 3.52. The molecule has 3 nitrogen and oxygen atoms in total. The zero-order valence-electron chi connectivity index (χ0n) is 6.87. The fourth-order valence-electron chi connectivity index (χ4n) is 1.28. The van der Waals surface area contributed by atoms with Gasteiger partial charge in [-0.1, -0.05) is 0 Å². The summed E-state index contributed by atoms with van der Waals surface area (Å²) in [5, 5.41) is 9.81. The Morgan fingerprint density at radius 2 is 2.38 bits per heavy atom. The Bertz CT molecular complexity index is 329. The van der Waals surface area contributed by atoms with Crippen molar-refractivity contribution in [3.8, 4) is 0 Å². The fraction of sp³-hybridized carbons (Fsp3) is 0.333. The van der Waals surface area contributed by atoms with Crippen molar-refractivity contribution in [2.45, 2.75) is 12.5 Å². The molecular weight excluding hydrogens is 236 g/mol. The van der Waals surface area contributed by atoms with Gasteiger partial charge in [0.2, 0.25) is 0 Å². The quantitative estimate of drug-likeness (QED) is 0.869. The van der Waals surface area contributed by atoms with Crippen molar-refractivity contribution in [3.05, 3.63) is 34.4 Å². The van der Waals surface area contributed by atoms with Gasteiger partial charge >= 0.3 is 0 Å². The zero-order valence-corrected chi connectivity index (χ0v) is 8.45. The molecule has 1 aromatic heterocycles. The minimum absolute atomic E-state index is 0.552. The third kappa shape index (κ3) is 1.64. The minimum atomic E-state index is -0.712.